The number of hydrogen-bond acceptors (Lipinski definition) is 4. The summed E-state index contributed by atoms with van der Waals surface area (Å²) in [7, 11) is 2.18. The monoisotopic (exact) mass is 566 g/mol. The summed E-state index contributed by atoms with van der Waals surface area (Å²) in [6.07, 6.45) is 10.2. The highest BCUT2D eigenvalue weighted by Crippen LogP contribution is 2.43. The van der Waals surface area contributed by atoms with Crippen LogP contribution in [0.15, 0.2) is 48.9 Å². The van der Waals surface area contributed by atoms with Gasteiger partial charge in [-0.25, -0.2) is 14.2 Å². The lowest BCUT2D eigenvalue weighted by Gasteiger charge is -2.41. The molecule has 3 aliphatic heterocycles. The third-order valence-corrected chi connectivity index (χ3v) is 10.2. The van der Waals surface area contributed by atoms with Gasteiger partial charge in [0, 0.05) is 74.6 Å². The lowest BCUT2D eigenvalue weighted by atomic mass is 9.78. The predicted molar refractivity (Wildman–Crippen MR) is 159 cm³/mol. The van der Waals surface area contributed by atoms with Crippen LogP contribution >= 0.6 is 0 Å². The number of ketones is 1. The zero-order valence-electron chi connectivity index (χ0n) is 24.0. The Morgan fingerprint density at radius 2 is 1.83 bits per heavy atom. The maximum Gasteiger partial charge on any atom is 0.320 e. The van der Waals surface area contributed by atoms with Gasteiger partial charge >= 0.3 is 6.03 Å². The molecule has 2 amide bonds. The number of allylic oxidation sites excluding steroid dienone is 2. The molecule has 8 rings (SSSR count). The number of nitrogens with zero attached hydrogens (tertiary/aromatic N) is 6. The molecule has 0 radical (unpaired) electrons. The maximum atomic E-state index is 15.2. The standard InChI is InChI=1S/C33H35FN6O2/c1-36-11-7-33(21-36)8-12-37(13-9-33)32(42)39-15-14-38-20-26(25-17-23(34)16-22(19-39)31(25)38)30-24(5-6-28(30)41)27-18-35-29-4-2-3-10-40(27)29/h2-4,10,16-18,20H,5-9,11-15,19,21H2,1H3. The highest BCUT2D eigenvalue weighted by atomic mass is 19.1. The number of rotatable bonds is 2. The van der Waals surface area contributed by atoms with Gasteiger partial charge in [0.25, 0.3) is 0 Å². The molecule has 6 heterocycles. The Morgan fingerprint density at radius 1 is 1.00 bits per heavy atom. The van der Waals surface area contributed by atoms with Crippen molar-refractivity contribution in [2.75, 3.05) is 39.8 Å². The third kappa shape index (κ3) is 4.01. The molecule has 3 aromatic heterocycles. The average molecular weight is 567 g/mol. The highest BCUT2D eigenvalue weighted by Gasteiger charge is 2.41. The molecule has 216 valence electrons. The van der Waals surface area contributed by atoms with Crippen LogP contribution in [0.5, 0.6) is 0 Å². The molecule has 0 N–H and O–H groups in total. The molecule has 4 aliphatic rings. The van der Waals surface area contributed by atoms with Crippen molar-refractivity contribution in [2.24, 2.45) is 5.41 Å². The van der Waals surface area contributed by atoms with Crippen molar-refractivity contribution in [1.29, 1.82) is 0 Å². The largest absolute Gasteiger partial charge is 0.345 e. The van der Waals surface area contributed by atoms with E-state index in [4.69, 9.17) is 0 Å². The van der Waals surface area contributed by atoms with Crippen LogP contribution in [0.4, 0.5) is 9.18 Å². The van der Waals surface area contributed by atoms with E-state index in [1.54, 1.807) is 12.1 Å². The molecule has 0 unspecified atom stereocenters. The fraction of sp³-hybridized carbons (Fsp3) is 0.424. The zero-order valence-corrected chi connectivity index (χ0v) is 24.0. The summed E-state index contributed by atoms with van der Waals surface area (Å²) in [4.78, 5) is 37.9. The second-order valence-electron chi connectivity index (χ2n) is 12.7. The van der Waals surface area contributed by atoms with Gasteiger partial charge in [-0.3, -0.25) is 9.20 Å². The smallest absolute Gasteiger partial charge is 0.320 e. The lowest BCUT2D eigenvalue weighted by molar-refractivity contribution is -0.113. The van der Waals surface area contributed by atoms with E-state index >= 15 is 4.39 Å². The average Bonchev–Trinajstić information content (AvgIpc) is 3.73. The summed E-state index contributed by atoms with van der Waals surface area (Å²) in [5, 5.41) is 0.737. The molecule has 1 aromatic carbocycles. The minimum absolute atomic E-state index is 0.0446. The van der Waals surface area contributed by atoms with Crippen molar-refractivity contribution >= 4 is 39.5 Å². The highest BCUT2D eigenvalue weighted by molar-refractivity contribution is 6.33. The Labute approximate surface area is 244 Å². The van der Waals surface area contributed by atoms with Crippen LogP contribution in [0.25, 0.3) is 27.7 Å². The van der Waals surface area contributed by atoms with Crippen molar-refractivity contribution in [3.8, 4) is 0 Å². The van der Waals surface area contributed by atoms with Crippen LogP contribution in [0, 0.1) is 11.2 Å². The number of aromatic nitrogens is 3. The fourth-order valence-electron chi connectivity index (χ4n) is 7.98. The van der Waals surface area contributed by atoms with Gasteiger partial charge in [0.05, 0.1) is 17.4 Å². The Balaban J connectivity index is 1.13. The SMILES string of the molecule is CN1CCC2(CCN(C(=O)N3CCn4cc(C5=C(c6cnc7ccccn67)CCC5=O)c5cc(F)cc(c54)C3)CC2)C1. The lowest BCUT2D eigenvalue weighted by Crippen LogP contribution is -2.49. The van der Waals surface area contributed by atoms with E-state index in [0.717, 1.165) is 78.0 Å². The predicted octanol–water partition coefficient (Wildman–Crippen LogP) is 5.06. The number of Topliss-reactive ketones (excluding diaryl/α,β-unsaturated/α-hetero) is 1. The number of piperidine rings is 1. The second kappa shape index (κ2) is 9.52. The molecule has 0 atom stereocenters. The molecule has 2 saturated heterocycles. The van der Waals surface area contributed by atoms with Gasteiger partial charge in [-0.1, -0.05) is 6.07 Å². The van der Waals surface area contributed by atoms with Gasteiger partial charge in [-0.2, -0.15) is 0 Å². The van der Waals surface area contributed by atoms with Crippen molar-refractivity contribution in [3.05, 3.63) is 71.6 Å². The number of benzene rings is 1. The quantitative estimate of drug-likeness (QED) is 0.341. The zero-order chi connectivity index (χ0) is 28.6. The minimum atomic E-state index is -0.349. The normalized spacial score (nSPS) is 21.0. The Bertz CT molecular complexity index is 1790. The number of halogens is 1. The van der Waals surface area contributed by atoms with Gasteiger partial charge in [-0.15, -0.1) is 0 Å². The van der Waals surface area contributed by atoms with Crippen LogP contribution < -0.4 is 0 Å². The summed E-state index contributed by atoms with van der Waals surface area (Å²) in [6, 6.07) is 9.00. The number of urea groups is 1. The van der Waals surface area contributed by atoms with Crippen molar-refractivity contribution < 1.29 is 14.0 Å². The fourth-order valence-corrected chi connectivity index (χ4v) is 7.98. The van der Waals surface area contributed by atoms with Crippen LogP contribution in [-0.4, -0.2) is 80.2 Å². The van der Waals surface area contributed by atoms with Crippen LogP contribution in [0.2, 0.25) is 0 Å². The van der Waals surface area contributed by atoms with Gasteiger partial charge in [-0.05, 0) is 80.1 Å². The molecule has 8 nitrogen and oxygen atoms in total. The van der Waals surface area contributed by atoms with E-state index in [1.807, 2.05) is 51.0 Å². The summed E-state index contributed by atoms with van der Waals surface area (Å²) in [6.45, 7) is 5.30. The number of amides is 2. The molecule has 1 spiro atoms. The molecule has 42 heavy (non-hydrogen) atoms. The minimum Gasteiger partial charge on any atom is -0.345 e. The number of imidazole rings is 1. The first-order valence-corrected chi connectivity index (χ1v) is 15.1. The second-order valence-corrected chi connectivity index (χ2v) is 12.7. The van der Waals surface area contributed by atoms with E-state index in [0.29, 0.717) is 43.5 Å². The van der Waals surface area contributed by atoms with Crippen LogP contribution in [0.3, 0.4) is 0 Å². The van der Waals surface area contributed by atoms with E-state index in [1.165, 1.54) is 6.42 Å². The van der Waals surface area contributed by atoms with Crippen LogP contribution in [-0.2, 0) is 17.9 Å². The Hall–Kier alpha value is -3.98. The van der Waals surface area contributed by atoms with Crippen molar-refractivity contribution in [3.63, 3.8) is 0 Å². The summed E-state index contributed by atoms with van der Waals surface area (Å²) in [5.41, 5.74) is 6.17. The molecule has 9 heteroatoms. The van der Waals surface area contributed by atoms with Gasteiger partial charge < -0.3 is 19.3 Å². The molecular weight excluding hydrogens is 531 g/mol. The first-order valence-electron chi connectivity index (χ1n) is 15.1. The molecular formula is C33H35FN6O2. The first-order chi connectivity index (χ1) is 20.4. The molecule has 0 bridgehead atoms. The Morgan fingerprint density at radius 3 is 2.64 bits per heavy atom. The number of fused-ring (bicyclic) bond motifs is 1. The van der Waals surface area contributed by atoms with Gasteiger partial charge in [0.1, 0.15) is 11.5 Å². The van der Waals surface area contributed by atoms with E-state index in [9.17, 15) is 9.59 Å². The molecule has 2 fully saturated rings. The van der Waals surface area contributed by atoms with Crippen molar-refractivity contribution in [1.82, 2.24) is 28.7 Å². The van der Waals surface area contributed by atoms with Crippen molar-refractivity contribution in [2.45, 2.75) is 45.2 Å². The topological polar surface area (TPSA) is 66.1 Å². The van der Waals surface area contributed by atoms with E-state index in [-0.39, 0.29) is 17.6 Å². The van der Waals surface area contributed by atoms with Gasteiger partial charge in [0.15, 0.2) is 5.78 Å². The first kappa shape index (κ1) is 25.7. The van der Waals surface area contributed by atoms with E-state index < -0.39 is 0 Å². The number of likely N-dealkylation sites (tertiary alicyclic amines) is 2. The Kier molecular flexibility index (Phi) is 5.83. The summed E-state index contributed by atoms with van der Waals surface area (Å²) < 4.78 is 19.4. The summed E-state index contributed by atoms with van der Waals surface area (Å²) in [5.74, 6) is -0.274. The molecule has 4 aromatic rings. The number of carbonyl (C=O) groups excluding carboxylic acids is 2. The van der Waals surface area contributed by atoms with E-state index in [2.05, 4.69) is 21.5 Å². The maximum absolute atomic E-state index is 15.2. The van der Waals surface area contributed by atoms with Crippen LogP contribution in [0.1, 0.15) is 48.9 Å². The van der Waals surface area contributed by atoms with Gasteiger partial charge in [0.2, 0.25) is 0 Å². The number of carbonyl (C=O) groups is 2. The molecule has 0 saturated carbocycles. The number of pyridine rings is 1. The summed E-state index contributed by atoms with van der Waals surface area (Å²) >= 11 is 0. The number of hydrogen-bond donors (Lipinski definition) is 0. The molecule has 1 aliphatic carbocycles. The third-order valence-electron chi connectivity index (χ3n) is 10.2.